The van der Waals surface area contributed by atoms with Crippen LogP contribution in [-0.2, 0) is 32.7 Å². The highest BCUT2D eigenvalue weighted by molar-refractivity contribution is 7.47. The summed E-state index contributed by atoms with van der Waals surface area (Å²) in [7, 11) is 1.44. The van der Waals surface area contributed by atoms with Crippen LogP contribution < -0.4 is 0 Å². The van der Waals surface area contributed by atoms with Crippen molar-refractivity contribution in [2.24, 2.45) is 0 Å². The van der Waals surface area contributed by atoms with Gasteiger partial charge in [0, 0.05) is 12.8 Å². The molecule has 2 unspecified atom stereocenters. The average molecular weight is 994 g/mol. The molecule has 1 N–H and O–H groups in total. The number of quaternary nitrogens is 1. The lowest BCUT2D eigenvalue weighted by Crippen LogP contribution is -2.37. The van der Waals surface area contributed by atoms with E-state index in [2.05, 4.69) is 50.3 Å². The van der Waals surface area contributed by atoms with E-state index in [0.717, 1.165) is 44.9 Å². The molecule has 0 spiro atoms. The Balaban J connectivity index is 3.99. The fourth-order valence-electron chi connectivity index (χ4n) is 8.21. The smallest absolute Gasteiger partial charge is 0.462 e. The second kappa shape index (κ2) is 50.9. The van der Waals surface area contributed by atoms with Crippen molar-refractivity contribution < 1.29 is 42.1 Å². The van der Waals surface area contributed by atoms with Gasteiger partial charge >= 0.3 is 19.8 Å². The van der Waals surface area contributed by atoms with Crippen molar-refractivity contribution in [1.82, 2.24) is 0 Å². The van der Waals surface area contributed by atoms with Crippen molar-refractivity contribution >= 4 is 19.8 Å². The third-order valence-electron chi connectivity index (χ3n) is 12.6. The van der Waals surface area contributed by atoms with Crippen molar-refractivity contribution in [3.05, 3.63) is 48.6 Å². The first-order chi connectivity index (χ1) is 33.5. The number of hydrogen-bond acceptors (Lipinski definition) is 7. The second-order valence-corrected chi connectivity index (χ2v) is 22.1. The highest BCUT2D eigenvalue weighted by atomic mass is 31.2. The minimum Gasteiger partial charge on any atom is -0.462 e. The molecular weight excluding hydrogens is 882 g/mol. The molecule has 0 aliphatic rings. The zero-order chi connectivity index (χ0) is 50.6. The topological polar surface area (TPSA) is 108 Å². The molecule has 0 bridgehead atoms. The molecule has 404 valence electrons. The summed E-state index contributed by atoms with van der Waals surface area (Å²) in [5.41, 5.74) is 0. The zero-order valence-corrected chi connectivity index (χ0v) is 46.7. The summed E-state index contributed by atoms with van der Waals surface area (Å²) in [4.78, 5) is 35.5. The number of carbonyl (C=O) groups excluding carboxylic acids is 2. The molecule has 2 atom stereocenters. The standard InChI is InChI=1S/C59H110NO8P/c1-6-8-10-12-14-16-18-20-21-22-23-24-25-26-27-28-29-30-31-32-33-34-35-36-37-38-40-41-43-45-47-49-51-58(61)65-55-57(56-67-69(63,64)66-54-53-60(3,4)5)68-59(62)52-50-48-46-44-42-39-19-17-15-13-11-9-7-2/h9,11,15,17,39,42,46,48,57H,6-8,10,12-14,16,18-38,40-41,43-45,47,49-56H2,1-5H3/p+1/b11-9-,17-15-,42-39-,48-46-. The molecule has 0 saturated heterocycles. The summed E-state index contributed by atoms with van der Waals surface area (Å²) in [6, 6.07) is 0. The zero-order valence-electron chi connectivity index (χ0n) is 45.8. The fourth-order valence-corrected chi connectivity index (χ4v) is 8.95. The van der Waals surface area contributed by atoms with Crippen molar-refractivity contribution in [2.45, 2.75) is 270 Å². The van der Waals surface area contributed by atoms with Crippen LogP contribution in [0.15, 0.2) is 48.6 Å². The first-order valence-corrected chi connectivity index (χ1v) is 30.4. The number of unbranched alkanes of at least 4 members (excludes halogenated alkanes) is 31. The van der Waals surface area contributed by atoms with Gasteiger partial charge in [-0.15, -0.1) is 0 Å². The minimum absolute atomic E-state index is 0.0192. The summed E-state index contributed by atoms with van der Waals surface area (Å²) in [5, 5.41) is 0. The van der Waals surface area contributed by atoms with E-state index >= 15 is 0 Å². The summed E-state index contributed by atoms with van der Waals surface area (Å²) >= 11 is 0. The number of phosphoric acid groups is 1. The van der Waals surface area contributed by atoms with E-state index in [1.54, 1.807) is 0 Å². The fraction of sp³-hybridized carbons (Fsp3) is 0.831. The van der Waals surface area contributed by atoms with Gasteiger partial charge in [-0.3, -0.25) is 18.6 Å². The van der Waals surface area contributed by atoms with Crippen LogP contribution in [0.3, 0.4) is 0 Å². The van der Waals surface area contributed by atoms with Gasteiger partial charge in [0.2, 0.25) is 0 Å². The number of nitrogens with zero attached hydrogens (tertiary/aromatic N) is 1. The van der Waals surface area contributed by atoms with Gasteiger partial charge in [0.25, 0.3) is 0 Å². The maximum absolute atomic E-state index is 12.7. The summed E-state index contributed by atoms with van der Waals surface area (Å²) in [5.74, 6) is -0.884. The normalized spacial score (nSPS) is 13.7. The molecule has 0 saturated carbocycles. The molecule has 0 rings (SSSR count). The predicted octanol–water partition coefficient (Wildman–Crippen LogP) is 17.8. The highest BCUT2D eigenvalue weighted by Crippen LogP contribution is 2.43. The number of esters is 2. The van der Waals surface area contributed by atoms with E-state index in [4.69, 9.17) is 18.5 Å². The van der Waals surface area contributed by atoms with E-state index in [9.17, 15) is 19.0 Å². The van der Waals surface area contributed by atoms with Gasteiger partial charge in [-0.1, -0.05) is 262 Å². The quantitative estimate of drug-likeness (QED) is 0.0211. The Labute approximate surface area is 426 Å². The van der Waals surface area contributed by atoms with Gasteiger partial charge in [0.15, 0.2) is 6.10 Å². The summed E-state index contributed by atoms with van der Waals surface area (Å²) < 4.78 is 34.3. The van der Waals surface area contributed by atoms with Crippen LogP contribution >= 0.6 is 7.82 Å². The van der Waals surface area contributed by atoms with E-state index in [1.165, 1.54) is 186 Å². The Morgan fingerprint density at radius 3 is 1.20 bits per heavy atom. The molecule has 10 heteroatoms. The molecule has 0 heterocycles. The second-order valence-electron chi connectivity index (χ2n) is 20.7. The van der Waals surface area contributed by atoms with Gasteiger partial charge in [-0.05, 0) is 38.5 Å². The van der Waals surface area contributed by atoms with Crippen LogP contribution in [0.25, 0.3) is 0 Å². The molecular formula is C59H111NO8P+. The van der Waals surface area contributed by atoms with Crippen LogP contribution in [0, 0.1) is 0 Å². The summed E-state index contributed by atoms with van der Waals surface area (Å²) in [6.45, 7) is 4.26. The lowest BCUT2D eigenvalue weighted by atomic mass is 10.0. The number of allylic oxidation sites excluding steroid dienone is 8. The van der Waals surface area contributed by atoms with Crippen LogP contribution in [0.5, 0.6) is 0 Å². The van der Waals surface area contributed by atoms with E-state index in [-0.39, 0.29) is 32.0 Å². The third-order valence-corrected chi connectivity index (χ3v) is 13.6. The molecule has 0 aromatic carbocycles. The Hall–Kier alpha value is -2.03. The Morgan fingerprint density at radius 1 is 0.464 bits per heavy atom. The molecule has 0 amide bonds. The monoisotopic (exact) mass is 993 g/mol. The van der Waals surface area contributed by atoms with Crippen LogP contribution in [0.2, 0.25) is 0 Å². The van der Waals surface area contributed by atoms with E-state index in [1.807, 2.05) is 33.3 Å². The highest BCUT2D eigenvalue weighted by Gasteiger charge is 2.27. The number of phosphoric ester groups is 1. The number of likely N-dealkylation sites (N-methyl/N-ethyl adjacent to an activating group) is 1. The SMILES string of the molecule is CC/C=C\C/C=C\C/C=C\C/C=C\CCC(=O)OC(COC(=O)CCCCCCCCCCCCCCCCCCCCCCCCCCCCCCCCCC)COP(=O)(O)OCC[N+](C)(C)C. The van der Waals surface area contributed by atoms with Crippen LogP contribution in [0.4, 0.5) is 0 Å². The first kappa shape index (κ1) is 67.0. The maximum atomic E-state index is 12.7. The van der Waals surface area contributed by atoms with Gasteiger partial charge in [0.05, 0.1) is 27.7 Å². The molecule has 0 aromatic heterocycles. The van der Waals surface area contributed by atoms with Crippen LogP contribution in [-0.4, -0.2) is 74.9 Å². The van der Waals surface area contributed by atoms with Gasteiger partial charge in [0.1, 0.15) is 19.8 Å². The molecule has 0 radical (unpaired) electrons. The first-order valence-electron chi connectivity index (χ1n) is 28.9. The van der Waals surface area contributed by atoms with Crippen molar-refractivity contribution in [2.75, 3.05) is 47.5 Å². The number of hydrogen-bond donors (Lipinski definition) is 1. The Kier molecular flexibility index (Phi) is 49.4. The molecule has 0 aliphatic heterocycles. The van der Waals surface area contributed by atoms with E-state index < -0.39 is 26.5 Å². The average Bonchev–Trinajstić information content (AvgIpc) is 3.31. The Bertz CT molecular complexity index is 1310. The lowest BCUT2D eigenvalue weighted by molar-refractivity contribution is -0.870. The maximum Gasteiger partial charge on any atom is 0.472 e. The Morgan fingerprint density at radius 2 is 0.826 bits per heavy atom. The van der Waals surface area contributed by atoms with Gasteiger partial charge < -0.3 is 18.9 Å². The molecule has 69 heavy (non-hydrogen) atoms. The molecule has 0 aliphatic carbocycles. The number of ether oxygens (including phenoxy) is 2. The lowest BCUT2D eigenvalue weighted by Gasteiger charge is -2.24. The van der Waals surface area contributed by atoms with Gasteiger partial charge in [-0.2, -0.15) is 0 Å². The third kappa shape index (κ3) is 55.1. The predicted molar refractivity (Wildman–Crippen MR) is 293 cm³/mol. The van der Waals surface area contributed by atoms with E-state index in [0.29, 0.717) is 17.4 Å². The van der Waals surface area contributed by atoms with Gasteiger partial charge in [-0.25, -0.2) is 4.57 Å². The molecule has 0 aromatic rings. The summed E-state index contributed by atoms with van der Waals surface area (Å²) in [6.07, 6.45) is 63.8. The van der Waals surface area contributed by atoms with Crippen molar-refractivity contribution in [3.8, 4) is 0 Å². The van der Waals surface area contributed by atoms with Crippen LogP contribution in [0.1, 0.15) is 264 Å². The number of carbonyl (C=O) groups is 2. The number of rotatable bonds is 53. The van der Waals surface area contributed by atoms with Crippen molar-refractivity contribution in [1.29, 1.82) is 0 Å². The largest absolute Gasteiger partial charge is 0.472 e. The molecule has 9 nitrogen and oxygen atoms in total. The van der Waals surface area contributed by atoms with Crippen molar-refractivity contribution in [3.63, 3.8) is 0 Å². The molecule has 0 fully saturated rings. The minimum atomic E-state index is -4.40.